The predicted molar refractivity (Wildman–Crippen MR) is 119 cm³/mol. The van der Waals surface area contributed by atoms with Crippen molar-refractivity contribution in [2.45, 2.75) is 30.2 Å². The number of benzene rings is 2. The molecule has 3 rings (SSSR count). The van der Waals surface area contributed by atoms with Crippen molar-refractivity contribution >= 4 is 20.0 Å². The molecule has 2 aromatic rings. The summed E-state index contributed by atoms with van der Waals surface area (Å²) >= 11 is 0. The van der Waals surface area contributed by atoms with E-state index in [4.69, 9.17) is 4.74 Å². The van der Waals surface area contributed by atoms with Crippen molar-refractivity contribution in [1.29, 1.82) is 0 Å². The monoisotopic (exact) mass is 467 g/mol. The maximum atomic E-state index is 12.8. The summed E-state index contributed by atoms with van der Waals surface area (Å²) in [7, 11) is -3.96. The Balaban J connectivity index is 1.73. The lowest BCUT2D eigenvalue weighted by Crippen LogP contribution is -2.47. The highest BCUT2D eigenvalue weighted by atomic mass is 32.2. The normalized spacial score (nSPS) is 16.4. The second-order valence-corrected chi connectivity index (χ2v) is 11.4. The van der Waals surface area contributed by atoms with E-state index in [0.717, 1.165) is 11.1 Å². The predicted octanol–water partition coefficient (Wildman–Crippen LogP) is 1.73. The van der Waals surface area contributed by atoms with Crippen LogP contribution in [-0.2, 0) is 26.6 Å². The number of ether oxygens (including phenoxy) is 1. The zero-order valence-electron chi connectivity index (χ0n) is 18.3. The zero-order chi connectivity index (χ0) is 22.8. The Kier molecular flexibility index (Phi) is 7.07. The molecule has 0 atom stereocenters. The molecule has 10 heteroatoms. The Morgan fingerprint density at radius 3 is 2.10 bits per heavy atom. The summed E-state index contributed by atoms with van der Waals surface area (Å²) < 4.78 is 60.6. The van der Waals surface area contributed by atoms with Gasteiger partial charge in [0.05, 0.1) is 12.0 Å². The van der Waals surface area contributed by atoms with E-state index in [0.29, 0.717) is 31.7 Å². The maximum absolute atomic E-state index is 12.8. The standard InChI is InChI=1S/C21H29N3O5S2/c1-16-13-20(29-4)21(14-17(16)2)30(25,26)22-15-18-5-7-19(8-6-18)31(27,28)24-11-9-23(3)10-12-24/h5-8,13-14,22H,9-12,15H2,1-4H3. The van der Waals surface area contributed by atoms with Crippen molar-refractivity contribution in [3.63, 3.8) is 0 Å². The first kappa shape index (κ1) is 23.7. The minimum Gasteiger partial charge on any atom is -0.495 e. The van der Waals surface area contributed by atoms with Gasteiger partial charge in [0.2, 0.25) is 20.0 Å². The van der Waals surface area contributed by atoms with Crippen molar-refractivity contribution in [2.75, 3.05) is 40.3 Å². The first-order valence-electron chi connectivity index (χ1n) is 9.97. The van der Waals surface area contributed by atoms with Crippen molar-refractivity contribution in [1.82, 2.24) is 13.9 Å². The second kappa shape index (κ2) is 9.25. The third-order valence-corrected chi connectivity index (χ3v) is 8.89. The first-order valence-corrected chi connectivity index (χ1v) is 12.9. The van der Waals surface area contributed by atoms with Crippen LogP contribution in [0.3, 0.4) is 0 Å². The Morgan fingerprint density at radius 2 is 1.52 bits per heavy atom. The van der Waals surface area contributed by atoms with Crippen molar-refractivity contribution in [3.8, 4) is 5.75 Å². The molecule has 2 aromatic carbocycles. The van der Waals surface area contributed by atoms with Crippen LogP contribution < -0.4 is 9.46 Å². The van der Waals surface area contributed by atoms with E-state index < -0.39 is 20.0 Å². The summed E-state index contributed by atoms with van der Waals surface area (Å²) in [5, 5.41) is 0. The zero-order valence-corrected chi connectivity index (χ0v) is 19.9. The lowest BCUT2D eigenvalue weighted by atomic mass is 10.1. The lowest BCUT2D eigenvalue weighted by Gasteiger charge is -2.31. The fourth-order valence-corrected chi connectivity index (χ4v) is 6.02. The van der Waals surface area contributed by atoms with E-state index in [1.54, 1.807) is 24.3 Å². The summed E-state index contributed by atoms with van der Waals surface area (Å²) in [4.78, 5) is 2.37. The van der Waals surface area contributed by atoms with E-state index in [1.807, 2.05) is 20.9 Å². The van der Waals surface area contributed by atoms with E-state index in [-0.39, 0.29) is 22.1 Å². The number of methoxy groups -OCH3 is 1. The average molecular weight is 468 g/mol. The quantitative estimate of drug-likeness (QED) is 0.666. The van der Waals surface area contributed by atoms with Gasteiger partial charge in [0.1, 0.15) is 10.6 Å². The Hall–Kier alpha value is -1.98. The van der Waals surface area contributed by atoms with E-state index in [9.17, 15) is 16.8 Å². The largest absolute Gasteiger partial charge is 0.495 e. The molecule has 0 aliphatic carbocycles. The Morgan fingerprint density at radius 1 is 0.935 bits per heavy atom. The maximum Gasteiger partial charge on any atom is 0.244 e. The number of sulfonamides is 2. The molecule has 1 fully saturated rings. The van der Waals surface area contributed by atoms with Crippen LogP contribution in [0.25, 0.3) is 0 Å². The van der Waals surface area contributed by atoms with Gasteiger partial charge in [-0.25, -0.2) is 21.6 Å². The molecule has 0 radical (unpaired) electrons. The van der Waals surface area contributed by atoms with E-state index in [1.165, 1.54) is 23.5 Å². The van der Waals surface area contributed by atoms with Crippen LogP contribution in [0.4, 0.5) is 0 Å². The molecule has 31 heavy (non-hydrogen) atoms. The fraction of sp³-hybridized carbons (Fsp3) is 0.429. The van der Waals surface area contributed by atoms with E-state index in [2.05, 4.69) is 9.62 Å². The molecule has 8 nitrogen and oxygen atoms in total. The van der Waals surface area contributed by atoms with Crippen LogP contribution in [0.1, 0.15) is 16.7 Å². The number of nitrogens with zero attached hydrogens (tertiary/aromatic N) is 2. The van der Waals surface area contributed by atoms with Crippen LogP contribution in [0.2, 0.25) is 0 Å². The number of aryl methyl sites for hydroxylation is 2. The molecule has 170 valence electrons. The molecule has 0 saturated carbocycles. The summed E-state index contributed by atoms with van der Waals surface area (Å²) in [6, 6.07) is 9.58. The smallest absolute Gasteiger partial charge is 0.244 e. The van der Waals surface area contributed by atoms with Gasteiger partial charge in [-0.05, 0) is 61.9 Å². The second-order valence-electron chi connectivity index (χ2n) is 7.76. The van der Waals surface area contributed by atoms with Crippen LogP contribution in [0.5, 0.6) is 5.75 Å². The topological polar surface area (TPSA) is 96.0 Å². The number of hydrogen-bond acceptors (Lipinski definition) is 6. The van der Waals surface area contributed by atoms with Crippen molar-refractivity contribution in [2.24, 2.45) is 0 Å². The summed E-state index contributed by atoms with van der Waals surface area (Å²) in [6.07, 6.45) is 0. The summed E-state index contributed by atoms with van der Waals surface area (Å²) in [5.41, 5.74) is 2.44. The van der Waals surface area contributed by atoms with Gasteiger partial charge in [0.25, 0.3) is 0 Å². The van der Waals surface area contributed by atoms with Crippen LogP contribution in [0.15, 0.2) is 46.2 Å². The van der Waals surface area contributed by atoms with Crippen molar-refractivity contribution < 1.29 is 21.6 Å². The molecular formula is C21H29N3O5S2. The Bertz CT molecular complexity index is 1140. The van der Waals surface area contributed by atoms with Gasteiger partial charge in [0.15, 0.2) is 0 Å². The van der Waals surface area contributed by atoms with Gasteiger partial charge >= 0.3 is 0 Å². The molecule has 1 N–H and O–H groups in total. The number of nitrogens with one attached hydrogen (secondary N) is 1. The average Bonchev–Trinajstić information content (AvgIpc) is 2.74. The number of rotatable bonds is 7. The van der Waals surface area contributed by atoms with Gasteiger partial charge in [-0.2, -0.15) is 4.31 Å². The van der Waals surface area contributed by atoms with Gasteiger partial charge in [0, 0.05) is 32.7 Å². The molecule has 0 amide bonds. The van der Waals surface area contributed by atoms with Gasteiger partial charge < -0.3 is 9.64 Å². The lowest BCUT2D eigenvalue weighted by molar-refractivity contribution is 0.222. The molecule has 0 unspecified atom stereocenters. The summed E-state index contributed by atoms with van der Waals surface area (Å²) in [6.45, 7) is 6.07. The highest BCUT2D eigenvalue weighted by molar-refractivity contribution is 7.89. The van der Waals surface area contributed by atoms with Crippen LogP contribution >= 0.6 is 0 Å². The van der Waals surface area contributed by atoms with Crippen LogP contribution in [-0.4, -0.2) is 66.4 Å². The molecule has 0 spiro atoms. The third kappa shape index (κ3) is 5.27. The van der Waals surface area contributed by atoms with Gasteiger partial charge in [-0.1, -0.05) is 12.1 Å². The highest BCUT2D eigenvalue weighted by Crippen LogP contribution is 2.27. The highest BCUT2D eigenvalue weighted by Gasteiger charge is 2.27. The molecule has 1 aliphatic rings. The number of hydrogen-bond donors (Lipinski definition) is 1. The number of piperazine rings is 1. The van der Waals surface area contributed by atoms with Crippen LogP contribution in [0, 0.1) is 13.8 Å². The number of likely N-dealkylation sites (N-methyl/N-ethyl adjacent to an activating group) is 1. The van der Waals surface area contributed by atoms with Crippen molar-refractivity contribution in [3.05, 3.63) is 53.1 Å². The molecule has 1 heterocycles. The molecule has 1 saturated heterocycles. The first-order chi connectivity index (χ1) is 14.5. The third-order valence-electron chi connectivity index (χ3n) is 5.56. The van der Waals surface area contributed by atoms with Gasteiger partial charge in [-0.3, -0.25) is 0 Å². The Labute approximate surface area is 184 Å². The minimum atomic E-state index is -3.81. The minimum absolute atomic E-state index is 0.0350. The fourth-order valence-electron chi connectivity index (χ4n) is 3.35. The molecule has 0 bridgehead atoms. The van der Waals surface area contributed by atoms with E-state index >= 15 is 0 Å². The molecule has 1 aliphatic heterocycles. The molecular weight excluding hydrogens is 438 g/mol. The SMILES string of the molecule is COc1cc(C)c(C)cc1S(=O)(=O)NCc1ccc(S(=O)(=O)N2CCN(C)CC2)cc1. The molecule has 0 aromatic heterocycles. The van der Waals surface area contributed by atoms with Gasteiger partial charge in [-0.15, -0.1) is 0 Å². The summed E-state index contributed by atoms with van der Waals surface area (Å²) in [5.74, 6) is 0.282.